The number of hydrogen-bond donors (Lipinski definition) is 1. The van der Waals surface area contributed by atoms with Gasteiger partial charge in [0, 0.05) is 33.9 Å². The van der Waals surface area contributed by atoms with Crippen LogP contribution in [-0.2, 0) is 0 Å². The summed E-state index contributed by atoms with van der Waals surface area (Å²) in [6, 6.07) is 20.5. The van der Waals surface area contributed by atoms with Crippen molar-refractivity contribution in [2.45, 2.75) is 39.7 Å². The van der Waals surface area contributed by atoms with Crippen LogP contribution >= 0.6 is 0 Å². The summed E-state index contributed by atoms with van der Waals surface area (Å²) in [7, 11) is 0. The van der Waals surface area contributed by atoms with Crippen LogP contribution in [0.25, 0.3) is 22.2 Å². The predicted octanol–water partition coefficient (Wildman–Crippen LogP) is 5.73. The summed E-state index contributed by atoms with van der Waals surface area (Å²) in [5.41, 5.74) is 10.5. The summed E-state index contributed by atoms with van der Waals surface area (Å²) in [6.07, 6.45) is 4.22. The predicted molar refractivity (Wildman–Crippen MR) is 129 cm³/mol. The Morgan fingerprint density at radius 1 is 1.06 bits per heavy atom. The average Bonchev–Trinajstić information content (AvgIpc) is 3.58. The molecule has 4 aromatic rings. The normalized spacial score (nSPS) is 13.7. The van der Waals surface area contributed by atoms with Gasteiger partial charge in [0.1, 0.15) is 0 Å². The number of carbonyl (C=O) groups is 1. The van der Waals surface area contributed by atoms with E-state index in [1.807, 2.05) is 54.6 Å². The lowest BCUT2D eigenvalue weighted by molar-refractivity contribution is 0.0956. The highest BCUT2D eigenvalue weighted by Crippen LogP contribution is 2.38. The number of nitrogens with one attached hydrogen (secondary N) is 1. The second-order valence-electron chi connectivity index (χ2n) is 8.57. The van der Waals surface area contributed by atoms with Gasteiger partial charge < -0.3 is 4.57 Å². The van der Waals surface area contributed by atoms with E-state index in [9.17, 15) is 4.79 Å². The SMILES string of the molecule is Cc1ccc(-c2cc(C(=O)N/N=C/c3cc(C)n(C4CC4)c3C)c3ccccc3n2)cc1. The molecule has 5 heteroatoms. The molecule has 1 N–H and O–H groups in total. The molecular weight excluding hydrogens is 396 g/mol. The summed E-state index contributed by atoms with van der Waals surface area (Å²) >= 11 is 0. The molecule has 2 aromatic carbocycles. The molecule has 0 saturated heterocycles. The molecule has 5 rings (SSSR count). The van der Waals surface area contributed by atoms with Gasteiger partial charge in [-0.15, -0.1) is 0 Å². The topological polar surface area (TPSA) is 59.3 Å². The van der Waals surface area contributed by atoms with Crippen LogP contribution in [0.3, 0.4) is 0 Å². The third kappa shape index (κ3) is 3.82. The quantitative estimate of drug-likeness (QED) is 0.330. The minimum Gasteiger partial charge on any atom is -0.345 e. The van der Waals surface area contributed by atoms with E-state index in [4.69, 9.17) is 4.98 Å². The van der Waals surface area contributed by atoms with Gasteiger partial charge in [-0.2, -0.15) is 5.10 Å². The molecule has 1 aliphatic carbocycles. The van der Waals surface area contributed by atoms with Gasteiger partial charge in [0.15, 0.2) is 0 Å². The van der Waals surface area contributed by atoms with E-state index < -0.39 is 0 Å². The van der Waals surface area contributed by atoms with Crippen molar-refractivity contribution in [1.29, 1.82) is 0 Å². The first-order chi connectivity index (χ1) is 15.5. The summed E-state index contributed by atoms with van der Waals surface area (Å²) in [5, 5.41) is 5.08. The average molecular weight is 423 g/mol. The smallest absolute Gasteiger partial charge is 0.272 e. The van der Waals surface area contributed by atoms with Crippen molar-refractivity contribution >= 4 is 23.0 Å². The van der Waals surface area contributed by atoms with Gasteiger partial charge in [-0.25, -0.2) is 10.4 Å². The van der Waals surface area contributed by atoms with Crippen molar-refractivity contribution in [2.24, 2.45) is 5.10 Å². The Balaban J connectivity index is 1.44. The van der Waals surface area contributed by atoms with Gasteiger partial charge in [0.2, 0.25) is 0 Å². The number of aryl methyl sites for hydroxylation is 2. The van der Waals surface area contributed by atoms with Crippen LogP contribution in [-0.4, -0.2) is 21.7 Å². The number of pyridine rings is 1. The molecule has 0 unspecified atom stereocenters. The molecule has 0 atom stereocenters. The van der Waals surface area contributed by atoms with E-state index in [1.54, 1.807) is 6.21 Å². The molecule has 2 aromatic heterocycles. The highest BCUT2D eigenvalue weighted by molar-refractivity contribution is 6.07. The number of amides is 1. The highest BCUT2D eigenvalue weighted by atomic mass is 16.2. The Kier molecular flexibility index (Phi) is 5.10. The Labute approximate surface area is 187 Å². The first kappa shape index (κ1) is 20.2. The molecular formula is C27H26N4O. The molecule has 0 spiro atoms. The summed E-state index contributed by atoms with van der Waals surface area (Å²) in [4.78, 5) is 17.9. The van der Waals surface area contributed by atoms with Crippen LogP contribution < -0.4 is 5.43 Å². The molecule has 1 saturated carbocycles. The molecule has 160 valence electrons. The van der Waals surface area contributed by atoms with Gasteiger partial charge in [0.05, 0.1) is 23.0 Å². The Morgan fingerprint density at radius 2 is 1.81 bits per heavy atom. The van der Waals surface area contributed by atoms with Gasteiger partial charge in [-0.1, -0.05) is 48.0 Å². The van der Waals surface area contributed by atoms with E-state index in [2.05, 4.69) is 41.9 Å². The molecule has 1 aliphatic rings. The molecule has 2 heterocycles. The Hall–Kier alpha value is -3.73. The molecule has 5 nitrogen and oxygen atoms in total. The van der Waals surface area contributed by atoms with Crippen molar-refractivity contribution in [2.75, 3.05) is 0 Å². The third-order valence-electron chi connectivity index (χ3n) is 6.11. The van der Waals surface area contributed by atoms with E-state index in [1.165, 1.54) is 29.8 Å². The van der Waals surface area contributed by atoms with E-state index in [0.717, 1.165) is 27.7 Å². The molecule has 32 heavy (non-hydrogen) atoms. The number of hydrogen-bond acceptors (Lipinski definition) is 3. The second kappa shape index (κ2) is 8.08. The van der Waals surface area contributed by atoms with E-state index in [-0.39, 0.29) is 5.91 Å². The fourth-order valence-corrected chi connectivity index (χ4v) is 4.28. The number of benzene rings is 2. The lowest BCUT2D eigenvalue weighted by Crippen LogP contribution is -2.18. The number of hydrazone groups is 1. The van der Waals surface area contributed by atoms with Crippen molar-refractivity contribution in [3.8, 4) is 11.3 Å². The number of nitrogens with zero attached hydrogens (tertiary/aromatic N) is 3. The van der Waals surface area contributed by atoms with Crippen molar-refractivity contribution in [1.82, 2.24) is 15.0 Å². The van der Waals surface area contributed by atoms with E-state index in [0.29, 0.717) is 11.6 Å². The van der Waals surface area contributed by atoms with Crippen LogP contribution in [0.1, 0.15) is 51.8 Å². The second-order valence-corrected chi connectivity index (χ2v) is 8.57. The van der Waals surface area contributed by atoms with Crippen LogP contribution in [0.2, 0.25) is 0 Å². The van der Waals surface area contributed by atoms with Gasteiger partial charge in [0.25, 0.3) is 5.91 Å². The van der Waals surface area contributed by atoms with Crippen molar-refractivity contribution in [3.05, 3.63) is 88.7 Å². The van der Waals surface area contributed by atoms with Gasteiger partial charge >= 0.3 is 0 Å². The molecule has 0 radical (unpaired) electrons. The van der Waals surface area contributed by atoms with E-state index >= 15 is 0 Å². The van der Waals surface area contributed by atoms with Crippen LogP contribution in [0, 0.1) is 20.8 Å². The number of fused-ring (bicyclic) bond motifs is 1. The standard InChI is InChI=1S/C27H26N4O/c1-17-8-10-20(11-9-17)26-15-24(23-6-4-5-7-25(23)29-26)27(32)30-28-16-21-14-18(2)31(19(21)3)22-12-13-22/h4-11,14-16,22H,12-13H2,1-3H3,(H,30,32)/b28-16+. The molecule has 1 fully saturated rings. The number of para-hydroxylation sites is 1. The zero-order valence-corrected chi connectivity index (χ0v) is 18.6. The zero-order chi connectivity index (χ0) is 22.2. The first-order valence-corrected chi connectivity index (χ1v) is 11.0. The maximum Gasteiger partial charge on any atom is 0.272 e. The molecule has 0 bridgehead atoms. The number of aromatic nitrogens is 2. The number of rotatable bonds is 5. The fourth-order valence-electron chi connectivity index (χ4n) is 4.28. The lowest BCUT2D eigenvalue weighted by Gasteiger charge is -2.09. The Morgan fingerprint density at radius 3 is 2.56 bits per heavy atom. The summed E-state index contributed by atoms with van der Waals surface area (Å²) in [5.74, 6) is -0.246. The third-order valence-corrected chi connectivity index (χ3v) is 6.11. The fraction of sp³-hybridized carbons (Fsp3) is 0.222. The summed E-state index contributed by atoms with van der Waals surface area (Å²) in [6.45, 7) is 6.28. The van der Waals surface area contributed by atoms with Crippen LogP contribution in [0.4, 0.5) is 0 Å². The minimum atomic E-state index is -0.246. The Bertz CT molecular complexity index is 1340. The van der Waals surface area contributed by atoms with Crippen molar-refractivity contribution < 1.29 is 4.79 Å². The molecule has 0 aliphatic heterocycles. The monoisotopic (exact) mass is 422 g/mol. The van der Waals surface area contributed by atoms with Crippen LogP contribution in [0.15, 0.2) is 65.8 Å². The van der Waals surface area contributed by atoms with Gasteiger partial charge in [-0.05, 0) is 51.8 Å². The minimum absolute atomic E-state index is 0.246. The summed E-state index contributed by atoms with van der Waals surface area (Å²) < 4.78 is 2.37. The maximum absolute atomic E-state index is 13.1. The first-order valence-electron chi connectivity index (χ1n) is 11.0. The maximum atomic E-state index is 13.1. The van der Waals surface area contributed by atoms with Crippen LogP contribution in [0.5, 0.6) is 0 Å². The van der Waals surface area contributed by atoms with Crippen molar-refractivity contribution in [3.63, 3.8) is 0 Å². The largest absolute Gasteiger partial charge is 0.345 e. The highest BCUT2D eigenvalue weighted by Gasteiger charge is 2.26. The zero-order valence-electron chi connectivity index (χ0n) is 18.6. The number of carbonyl (C=O) groups excluding carboxylic acids is 1. The molecule has 1 amide bonds. The lowest BCUT2D eigenvalue weighted by atomic mass is 10.0. The van der Waals surface area contributed by atoms with Gasteiger partial charge in [-0.3, -0.25) is 4.79 Å².